The van der Waals surface area contributed by atoms with Crippen LogP contribution in [0.15, 0.2) is 35.3 Å². The zero-order chi connectivity index (χ0) is 18.5. The van der Waals surface area contributed by atoms with Crippen molar-refractivity contribution < 1.29 is 0 Å². The second-order valence-electron chi connectivity index (χ2n) is 6.99. The van der Waals surface area contributed by atoms with Gasteiger partial charge in [0.2, 0.25) is 0 Å². The molecule has 0 amide bonds. The molecule has 1 aliphatic rings. The van der Waals surface area contributed by atoms with Crippen LogP contribution in [0, 0.1) is 6.92 Å². The van der Waals surface area contributed by atoms with Gasteiger partial charge in [0.15, 0.2) is 11.8 Å². The molecule has 2 aromatic rings. The normalized spacial score (nSPS) is 21.2. The zero-order valence-corrected chi connectivity index (χ0v) is 16.1. The van der Waals surface area contributed by atoms with Crippen LogP contribution in [0.4, 0.5) is 0 Å². The van der Waals surface area contributed by atoms with E-state index in [0.717, 1.165) is 37.1 Å². The summed E-state index contributed by atoms with van der Waals surface area (Å²) in [6.45, 7) is 6.85. The predicted octanol–water partition coefficient (Wildman–Crippen LogP) is 1.45. The van der Waals surface area contributed by atoms with Crippen molar-refractivity contribution in [1.29, 1.82) is 0 Å². The van der Waals surface area contributed by atoms with Gasteiger partial charge in [-0.25, -0.2) is 0 Å². The fraction of sp³-hybridized carbons (Fsp3) is 0.526. The third kappa shape index (κ3) is 4.40. The Hall–Kier alpha value is -2.41. The summed E-state index contributed by atoms with van der Waals surface area (Å²) in [6, 6.07) is 11.6. The summed E-state index contributed by atoms with van der Waals surface area (Å²) >= 11 is 0. The molecule has 1 fully saturated rings. The van der Waals surface area contributed by atoms with Crippen LogP contribution < -0.4 is 10.6 Å². The van der Waals surface area contributed by atoms with Crippen molar-refractivity contribution in [2.75, 3.05) is 13.6 Å². The van der Waals surface area contributed by atoms with E-state index in [4.69, 9.17) is 0 Å². The molecule has 0 bridgehead atoms. The van der Waals surface area contributed by atoms with Crippen molar-refractivity contribution in [2.24, 2.45) is 12.0 Å². The monoisotopic (exact) mass is 355 g/mol. The van der Waals surface area contributed by atoms with Crippen LogP contribution in [-0.4, -0.2) is 51.3 Å². The molecule has 26 heavy (non-hydrogen) atoms. The molecule has 1 saturated heterocycles. The van der Waals surface area contributed by atoms with Crippen LogP contribution in [0.3, 0.4) is 0 Å². The van der Waals surface area contributed by atoms with Crippen LogP contribution in [-0.2, 0) is 20.1 Å². The molecule has 0 aliphatic carbocycles. The van der Waals surface area contributed by atoms with Crippen molar-refractivity contribution in [3.8, 4) is 0 Å². The standard InChI is InChI=1S/C19H29N7/c1-14-10-17(13-26(14)12-16-8-6-5-7-9-16)22-19(20-3)21-11-18-24-23-15(2)25(18)4/h5-9,14,17H,10-13H2,1-4H3,(H2,20,21,22). The highest BCUT2D eigenvalue weighted by Gasteiger charge is 2.29. The molecule has 3 rings (SSSR count). The van der Waals surface area contributed by atoms with Gasteiger partial charge in [-0.3, -0.25) is 9.89 Å². The highest BCUT2D eigenvalue weighted by atomic mass is 15.3. The average molecular weight is 355 g/mol. The van der Waals surface area contributed by atoms with Crippen LogP contribution in [0.5, 0.6) is 0 Å². The Balaban J connectivity index is 1.52. The number of rotatable bonds is 5. The summed E-state index contributed by atoms with van der Waals surface area (Å²) in [4.78, 5) is 6.88. The molecule has 2 atom stereocenters. The molecule has 1 aromatic heterocycles. The van der Waals surface area contributed by atoms with E-state index in [-0.39, 0.29) is 0 Å². The van der Waals surface area contributed by atoms with E-state index < -0.39 is 0 Å². The summed E-state index contributed by atoms with van der Waals surface area (Å²) in [5, 5.41) is 15.2. The first-order valence-electron chi connectivity index (χ1n) is 9.17. The van der Waals surface area contributed by atoms with Crippen LogP contribution in [0.2, 0.25) is 0 Å². The molecule has 0 saturated carbocycles. The Morgan fingerprint density at radius 2 is 2.04 bits per heavy atom. The lowest BCUT2D eigenvalue weighted by atomic mass is 10.2. The molecule has 0 radical (unpaired) electrons. The maximum atomic E-state index is 4.36. The lowest BCUT2D eigenvalue weighted by Gasteiger charge is -2.21. The number of aromatic nitrogens is 3. The third-order valence-corrected chi connectivity index (χ3v) is 5.09. The lowest BCUT2D eigenvalue weighted by molar-refractivity contribution is 0.258. The Bertz CT molecular complexity index is 738. The van der Waals surface area contributed by atoms with Crippen LogP contribution in [0.1, 0.15) is 30.6 Å². The minimum atomic E-state index is 0.390. The maximum absolute atomic E-state index is 4.36. The maximum Gasteiger partial charge on any atom is 0.191 e. The molecule has 2 N–H and O–H groups in total. The lowest BCUT2D eigenvalue weighted by Crippen LogP contribution is -2.44. The van der Waals surface area contributed by atoms with Crippen molar-refractivity contribution in [2.45, 2.75) is 45.4 Å². The van der Waals surface area contributed by atoms with Gasteiger partial charge in [-0.1, -0.05) is 30.3 Å². The third-order valence-electron chi connectivity index (χ3n) is 5.09. The van der Waals surface area contributed by atoms with E-state index in [9.17, 15) is 0 Å². The molecule has 7 heteroatoms. The Morgan fingerprint density at radius 3 is 2.69 bits per heavy atom. The molecular formula is C19H29N7. The summed E-state index contributed by atoms with van der Waals surface area (Å²) in [5.74, 6) is 2.62. The summed E-state index contributed by atoms with van der Waals surface area (Å²) in [5.41, 5.74) is 1.36. The van der Waals surface area contributed by atoms with Gasteiger partial charge in [-0.15, -0.1) is 10.2 Å². The topological polar surface area (TPSA) is 70.4 Å². The van der Waals surface area contributed by atoms with E-state index in [1.54, 1.807) is 7.05 Å². The summed E-state index contributed by atoms with van der Waals surface area (Å²) < 4.78 is 1.99. The molecule has 7 nitrogen and oxygen atoms in total. The van der Waals surface area contributed by atoms with Crippen molar-refractivity contribution in [1.82, 2.24) is 30.3 Å². The quantitative estimate of drug-likeness (QED) is 0.628. The Morgan fingerprint density at radius 1 is 1.27 bits per heavy atom. The van der Waals surface area contributed by atoms with Crippen molar-refractivity contribution in [3.05, 3.63) is 47.5 Å². The average Bonchev–Trinajstić information content (AvgIpc) is 3.15. The predicted molar refractivity (Wildman–Crippen MR) is 104 cm³/mol. The number of nitrogens with one attached hydrogen (secondary N) is 2. The Labute approximate surface area is 155 Å². The molecule has 2 unspecified atom stereocenters. The summed E-state index contributed by atoms with van der Waals surface area (Å²) in [7, 11) is 3.78. The van der Waals surface area contributed by atoms with Gasteiger partial charge in [-0.2, -0.15) is 0 Å². The highest BCUT2D eigenvalue weighted by Crippen LogP contribution is 2.20. The fourth-order valence-corrected chi connectivity index (χ4v) is 3.40. The number of aliphatic imine (C=N–C) groups is 1. The van der Waals surface area contributed by atoms with Crippen LogP contribution in [0.25, 0.3) is 0 Å². The number of aryl methyl sites for hydroxylation is 1. The van der Waals surface area contributed by atoms with Gasteiger partial charge in [0.1, 0.15) is 5.82 Å². The van der Waals surface area contributed by atoms with E-state index in [1.807, 2.05) is 18.5 Å². The zero-order valence-electron chi connectivity index (χ0n) is 16.1. The molecule has 2 heterocycles. The van der Waals surface area contributed by atoms with E-state index in [2.05, 4.69) is 68.0 Å². The summed E-state index contributed by atoms with van der Waals surface area (Å²) in [6.07, 6.45) is 1.11. The van der Waals surface area contributed by atoms with E-state index in [0.29, 0.717) is 18.6 Å². The minimum Gasteiger partial charge on any atom is -0.352 e. The van der Waals surface area contributed by atoms with Crippen molar-refractivity contribution >= 4 is 5.96 Å². The first-order chi connectivity index (χ1) is 12.6. The van der Waals surface area contributed by atoms with Gasteiger partial charge >= 0.3 is 0 Å². The SMILES string of the molecule is CN=C(NCc1nnc(C)n1C)NC1CC(C)N(Cc2ccccc2)C1. The van der Waals surface area contributed by atoms with Gasteiger partial charge in [-0.05, 0) is 25.8 Å². The second-order valence-corrected chi connectivity index (χ2v) is 6.99. The van der Waals surface area contributed by atoms with Gasteiger partial charge < -0.3 is 15.2 Å². The van der Waals surface area contributed by atoms with Gasteiger partial charge in [0.25, 0.3) is 0 Å². The van der Waals surface area contributed by atoms with Gasteiger partial charge in [0, 0.05) is 39.3 Å². The van der Waals surface area contributed by atoms with Crippen molar-refractivity contribution in [3.63, 3.8) is 0 Å². The molecule has 140 valence electrons. The Kier molecular flexibility index (Phi) is 5.88. The van der Waals surface area contributed by atoms with Gasteiger partial charge in [0.05, 0.1) is 6.54 Å². The number of guanidine groups is 1. The molecule has 0 spiro atoms. The molecule has 1 aromatic carbocycles. The minimum absolute atomic E-state index is 0.390. The molecule has 1 aliphatic heterocycles. The van der Waals surface area contributed by atoms with Crippen LogP contribution >= 0.6 is 0 Å². The molecular weight excluding hydrogens is 326 g/mol. The second kappa shape index (κ2) is 8.31. The first-order valence-corrected chi connectivity index (χ1v) is 9.17. The largest absolute Gasteiger partial charge is 0.352 e. The highest BCUT2D eigenvalue weighted by molar-refractivity contribution is 5.79. The number of benzene rings is 1. The van der Waals surface area contributed by atoms with E-state index in [1.165, 1.54) is 5.56 Å². The number of hydrogen-bond acceptors (Lipinski definition) is 4. The number of hydrogen-bond donors (Lipinski definition) is 2. The number of nitrogens with zero attached hydrogens (tertiary/aromatic N) is 5. The smallest absolute Gasteiger partial charge is 0.191 e. The number of likely N-dealkylation sites (tertiary alicyclic amines) is 1. The fourth-order valence-electron chi connectivity index (χ4n) is 3.40. The first kappa shape index (κ1) is 18.4. The van der Waals surface area contributed by atoms with E-state index >= 15 is 0 Å².